The van der Waals surface area contributed by atoms with Crippen LogP contribution in [0.1, 0.15) is 45.4 Å². The highest BCUT2D eigenvalue weighted by atomic mass is 32.2. The lowest BCUT2D eigenvalue weighted by atomic mass is 9.98. The number of amides is 1. The Balaban J connectivity index is 1.52. The largest absolute Gasteiger partial charge is 0.452 e. The SMILES string of the molecule is CC(OC(=O)C1CCN(S(=O)(=O)c2ccc(F)cc2)CC1)C(=O)N1CCCCCC1. The maximum absolute atomic E-state index is 13.1. The average Bonchev–Trinajstić information content (AvgIpc) is 3.03. The van der Waals surface area contributed by atoms with E-state index in [1.54, 1.807) is 11.8 Å². The van der Waals surface area contributed by atoms with Gasteiger partial charge in [-0.25, -0.2) is 12.8 Å². The number of carbonyl (C=O) groups is 2. The van der Waals surface area contributed by atoms with E-state index in [0.29, 0.717) is 25.9 Å². The molecular weight excluding hydrogens is 411 g/mol. The lowest BCUT2D eigenvalue weighted by Gasteiger charge is -2.31. The van der Waals surface area contributed by atoms with E-state index in [1.165, 1.54) is 16.4 Å². The Morgan fingerprint density at radius 3 is 2.13 bits per heavy atom. The number of benzene rings is 1. The Kier molecular flexibility index (Phi) is 7.46. The van der Waals surface area contributed by atoms with Crippen molar-refractivity contribution in [1.29, 1.82) is 0 Å². The van der Waals surface area contributed by atoms with Gasteiger partial charge in [-0.05, 0) is 56.9 Å². The van der Waals surface area contributed by atoms with Crippen LogP contribution in [0, 0.1) is 11.7 Å². The molecule has 166 valence electrons. The van der Waals surface area contributed by atoms with Gasteiger partial charge in [0.25, 0.3) is 5.91 Å². The van der Waals surface area contributed by atoms with E-state index in [9.17, 15) is 22.4 Å². The third-order valence-corrected chi connectivity index (χ3v) is 7.71. The van der Waals surface area contributed by atoms with Crippen LogP contribution in [0.15, 0.2) is 29.2 Å². The molecule has 0 saturated carbocycles. The summed E-state index contributed by atoms with van der Waals surface area (Å²) in [6, 6.07) is 4.70. The molecule has 0 radical (unpaired) electrons. The normalized spacial score (nSPS) is 20.4. The van der Waals surface area contributed by atoms with Crippen molar-refractivity contribution in [3.05, 3.63) is 30.1 Å². The number of rotatable bonds is 5. The molecule has 0 aromatic heterocycles. The van der Waals surface area contributed by atoms with Crippen molar-refractivity contribution in [2.75, 3.05) is 26.2 Å². The number of likely N-dealkylation sites (tertiary alicyclic amines) is 1. The Morgan fingerprint density at radius 1 is 1.00 bits per heavy atom. The Labute approximate surface area is 177 Å². The van der Waals surface area contributed by atoms with Gasteiger partial charge in [0.05, 0.1) is 10.8 Å². The van der Waals surface area contributed by atoms with Crippen LogP contribution >= 0.6 is 0 Å². The van der Waals surface area contributed by atoms with Crippen LogP contribution in [0.25, 0.3) is 0 Å². The molecule has 2 saturated heterocycles. The minimum Gasteiger partial charge on any atom is -0.452 e. The highest BCUT2D eigenvalue weighted by Crippen LogP contribution is 2.25. The molecule has 1 aromatic rings. The standard InChI is InChI=1S/C21H29FN2O5S/c1-16(20(25)23-12-4-2-3-5-13-23)29-21(26)17-10-14-24(15-11-17)30(27,28)19-8-6-18(22)7-9-19/h6-9,16-17H,2-5,10-15H2,1H3. The van der Waals surface area contributed by atoms with Crippen LogP contribution in [-0.4, -0.2) is 61.8 Å². The van der Waals surface area contributed by atoms with Crippen LogP contribution in [0.4, 0.5) is 4.39 Å². The Bertz CT molecular complexity index is 843. The van der Waals surface area contributed by atoms with Gasteiger partial charge < -0.3 is 9.64 Å². The molecule has 2 aliphatic heterocycles. The smallest absolute Gasteiger partial charge is 0.309 e. The highest BCUT2D eigenvalue weighted by molar-refractivity contribution is 7.89. The molecule has 2 aliphatic rings. The van der Waals surface area contributed by atoms with Crippen molar-refractivity contribution in [2.45, 2.75) is 56.4 Å². The summed E-state index contributed by atoms with van der Waals surface area (Å²) >= 11 is 0. The third kappa shape index (κ3) is 5.37. The second-order valence-electron chi connectivity index (χ2n) is 7.95. The number of halogens is 1. The number of carbonyl (C=O) groups excluding carboxylic acids is 2. The lowest BCUT2D eigenvalue weighted by Crippen LogP contribution is -2.43. The minimum absolute atomic E-state index is 0.0293. The van der Waals surface area contributed by atoms with E-state index in [1.807, 2.05) is 0 Å². The van der Waals surface area contributed by atoms with Gasteiger partial charge in [0.15, 0.2) is 6.10 Å². The van der Waals surface area contributed by atoms with E-state index in [2.05, 4.69) is 0 Å². The van der Waals surface area contributed by atoms with Crippen LogP contribution in [0.2, 0.25) is 0 Å². The molecule has 30 heavy (non-hydrogen) atoms. The maximum atomic E-state index is 13.1. The molecule has 7 nitrogen and oxygen atoms in total. The van der Waals surface area contributed by atoms with Gasteiger partial charge in [-0.2, -0.15) is 4.31 Å². The maximum Gasteiger partial charge on any atom is 0.309 e. The molecule has 1 aromatic carbocycles. The molecule has 2 heterocycles. The van der Waals surface area contributed by atoms with E-state index < -0.39 is 33.8 Å². The predicted molar refractivity (Wildman–Crippen MR) is 108 cm³/mol. The summed E-state index contributed by atoms with van der Waals surface area (Å²) in [6.07, 6.45) is 3.96. The van der Waals surface area contributed by atoms with Crippen molar-refractivity contribution in [1.82, 2.24) is 9.21 Å². The fraction of sp³-hybridized carbons (Fsp3) is 0.619. The first kappa shape index (κ1) is 22.7. The van der Waals surface area contributed by atoms with E-state index >= 15 is 0 Å². The highest BCUT2D eigenvalue weighted by Gasteiger charge is 2.34. The molecule has 0 bridgehead atoms. The van der Waals surface area contributed by atoms with Gasteiger partial charge in [0.2, 0.25) is 10.0 Å². The van der Waals surface area contributed by atoms with Crippen molar-refractivity contribution < 1.29 is 27.1 Å². The number of esters is 1. The monoisotopic (exact) mass is 440 g/mol. The number of sulfonamides is 1. The van der Waals surface area contributed by atoms with Crippen LogP contribution in [0.5, 0.6) is 0 Å². The minimum atomic E-state index is -3.73. The number of nitrogens with zero attached hydrogens (tertiary/aromatic N) is 2. The zero-order chi connectivity index (χ0) is 21.7. The number of hydrogen-bond acceptors (Lipinski definition) is 5. The van der Waals surface area contributed by atoms with E-state index in [-0.39, 0.29) is 23.9 Å². The average molecular weight is 441 g/mol. The quantitative estimate of drug-likeness (QED) is 0.657. The lowest BCUT2D eigenvalue weighted by molar-refractivity contribution is -0.163. The van der Waals surface area contributed by atoms with Crippen LogP contribution in [-0.2, 0) is 24.3 Å². The van der Waals surface area contributed by atoms with Gasteiger partial charge in [-0.15, -0.1) is 0 Å². The summed E-state index contributed by atoms with van der Waals surface area (Å²) in [5, 5.41) is 0. The van der Waals surface area contributed by atoms with Gasteiger partial charge in [0, 0.05) is 26.2 Å². The van der Waals surface area contributed by atoms with Crippen molar-refractivity contribution in [3.63, 3.8) is 0 Å². The van der Waals surface area contributed by atoms with E-state index in [4.69, 9.17) is 4.74 Å². The van der Waals surface area contributed by atoms with Gasteiger partial charge >= 0.3 is 5.97 Å². The second kappa shape index (κ2) is 9.87. The first-order chi connectivity index (χ1) is 14.3. The van der Waals surface area contributed by atoms with Crippen molar-refractivity contribution >= 4 is 21.9 Å². The summed E-state index contributed by atoms with van der Waals surface area (Å²) in [4.78, 5) is 26.9. The van der Waals surface area contributed by atoms with Crippen molar-refractivity contribution in [2.24, 2.45) is 5.92 Å². The summed E-state index contributed by atoms with van der Waals surface area (Å²) < 4.78 is 45.2. The zero-order valence-corrected chi connectivity index (χ0v) is 18.1. The Morgan fingerprint density at radius 2 is 1.57 bits per heavy atom. The molecule has 3 rings (SSSR count). The topological polar surface area (TPSA) is 84.0 Å². The molecule has 1 atom stereocenters. The molecule has 0 N–H and O–H groups in total. The fourth-order valence-corrected chi connectivity index (χ4v) is 5.43. The Hall–Kier alpha value is -2.00. The summed E-state index contributed by atoms with van der Waals surface area (Å²) in [5.74, 6) is -1.56. The van der Waals surface area contributed by atoms with Crippen molar-refractivity contribution in [3.8, 4) is 0 Å². The summed E-state index contributed by atoms with van der Waals surface area (Å²) in [6.45, 7) is 3.34. The second-order valence-corrected chi connectivity index (χ2v) is 9.89. The summed E-state index contributed by atoms with van der Waals surface area (Å²) in [7, 11) is -3.73. The summed E-state index contributed by atoms with van der Waals surface area (Å²) in [5.41, 5.74) is 0. The predicted octanol–water partition coefficient (Wildman–Crippen LogP) is 2.56. The van der Waals surface area contributed by atoms with Gasteiger partial charge in [-0.1, -0.05) is 12.8 Å². The zero-order valence-electron chi connectivity index (χ0n) is 17.3. The molecule has 9 heteroatoms. The number of ether oxygens (including phenoxy) is 1. The third-order valence-electron chi connectivity index (χ3n) is 5.80. The molecular formula is C21H29FN2O5S. The molecule has 0 aliphatic carbocycles. The molecule has 1 amide bonds. The molecule has 0 spiro atoms. The van der Waals surface area contributed by atoms with Gasteiger partial charge in [-0.3, -0.25) is 9.59 Å². The number of hydrogen-bond donors (Lipinski definition) is 0. The number of piperidine rings is 1. The molecule has 1 unspecified atom stereocenters. The van der Waals surface area contributed by atoms with Gasteiger partial charge in [0.1, 0.15) is 5.82 Å². The van der Waals surface area contributed by atoms with E-state index in [0.717, 1.165) is 37.8 Å². The first-order valence-electron chi connectivity index (χ1n) is 10.5. The molecule has 2 fully saturated rings. The van der Waals surface area contributed by atoms with Crippen LogP contribution in [0.3, 0.4) is 0 Å². The fourth-order valence-electron chi connectivity index (χ4n) is 3.96. The first-order valence-corrected chi connectivity index (χ1v) is 12.0. The van der Waals surface area contributed by atoms with Crippen LogP contribution < -0.4 is 0 Å².